The van der Waals surface area contributed by atoms with Crippen LogP contribution in [0, 0.1) is 0 Å². The van der Waals surface area contributed by atoms with E-state index in [4.69, 9.17) is 0 Å². The van der Waals surface area contributed by atoms with Crippen LogP contribution >= 0.6 is 0 Å². The molecule has 0 bridgehead atoms. The molecular weight excluding hydrogens is 186 g/mol. The topological polar surface area (TPSA) is 39.8 Å². The van der Waals surface area contributed by atoms with Crippen LogP contribution in [0.3, 0.4) is 0 Å². The van der Waals surface area contributed by atoms with Gasteiger partial charge in [0.15, 0.2) is 0 Å². The number of aromatic nitrogens is 2. The second-order valence-corrected chi connectivity index (χ2v) is 3.97. The summed E-state index contributed by atoms with van der Waals surface area (Å²) in [5, 5.41) is 3.49. The van der Waals surface area contributed by atoms with E-state index >= 15 is 0 Å². The Morgan fingerprint density at radius 2 is 2.07 bits per heavy atom. The lowest BCUT2D eigenvalue weighted by atomic mass is 10.0. The Morgan fingerprint density at radius 3 is 2.60 bits per heavy atom. The predicted molar refractivity (Wildman–Crippen MR) is 58.3 cm³/mol. The summed E-state index contributed by atoms with van der Waals surface area (Å²) < 4.78 is 2.13. The molecule has 0 saturated carbocycles. The van der Waals surface area contributed by atoms with Gasteiger partial charge in [-0.2, -0.15) is 0 Å². The third-order valence-corrected chi connectivity index (χ3v) is 3.11. The minimum Gasteiger partial charge on any atom is -0.313 e. The summed E-state index contributed by atoms with van der Waals surface area (Å²) >= 11 is 0. The highest BCUT2D eigenvalue weighted by Gasteiger charge is 2.53. The van der Waals surface area contributed by atoms with Gasteiger partial charge in [0, 0.05) is 18.4 Å². The molecule has 3 heteroatoms. The summed E-state index contributed by atoms with van der Waals surface area (Å²) in [7, 11) is 0. The van der Waals surface area contributed by atoms with Gasteiger partial charge in [0.2, 0.25) is 0 Å². The molecule has 1 fully saturated rings. The average molecular weight is 199 g/mol. The van der Waals surface area contributed by atoms with Crippen molar-refractivity contribution in [3.63, 3.8) is 0 Å². The van der Waals surface area contributed by atoms with Crippen molar-refractivity contribution in [1.29, 1.82) is 0 Å². The second kappa shape index (κ2) is 2.94. The SMILES string of the molecule is C[C@H]1N[C@]1(c1ccccc1)n1ccnc1. The van der Waals surface area contributed by atoms with Crippen LogP contribution in [0.15, 0.2) is 49.1 Å². The molecule has 2 heterocycles. The van der Waals surface area contributed by atoms with E-state index in [0.717, 1.165) is 0 Å². The highest BCUT2D eigenvalue weighted by molar-refractivity contribution is 5.34. The standard InChI is InChI=1S/C12H13N3/c1-10-12(14-10,15-8-7-13-9-15)11-5-3-2-4-6-11/h2-10,14H,1H3/t10-,12+/m1/s1. The lowest BCUT2D eigenvalue weighted by molar-refractivity contribution is 0.541. The Balaban J connectivity index is 2.10. The van der Waals surface area contributed by atoms with Crippen LogP contribution in [0.2, 0.25) is 0 Å². The van der Waals surface area contributed by atoms with E-state index in [1.807, 2.05) is 24.8 Å². The first kappa shape index (κ1) is 8.68. The van der Waals surface area contributed by atoms with Gasteiger partial charge in [-0.05, 0) is 12.5 Å². The van der Waals surface area contributed by atoms with Gasteiger partial charge in [-0.3, -0.25) is 5.32 Å². The maximum atomic E-state index is 4.11. The van der Waals surface area contributed by atoms with Crippen LogP contribution in [-0.2, 0) is 5.66 Å². The van der Waals surface area contributed by atoms with Gasteiger partial charge in [0.1, 0.15) is 5.66 Å². The molecule has 1 aliphatic rings. The van der Waals surface area contributed by atoms with Crippen LogP contribution in [-0.4, -0.2) is 15.6 Å². The van der Waals surface area contributed by atoms with Gasteiger partial charge in [-0.25, -0.2) is 4.98 Å². The fourth-order valence-electron chi connectivity index (χ4n) is 2.23. The zero-order chi connectivity index (χ0) is 10.3. The lowest BCUT2D eigenvalue weighted by Gasteiger charge is -2.16. The molecule has 1 saturated heterocycles. The highest BCUT2D eigenvalue weighted by Crippen LogP contribution is 2.38. The van der Waals surface area contributed by atoms with Crippen molar-refractivity contribution in [1.82, 2.24) is 14.9 Å². The molecule has 2 aromatic rings. The van der Waals surface area contributed by atoms with Crippen LogP contribution in [0.4, 0.5) is 0 Å². The molecule has 15 heavy (non-hydrogen) atoms. The molecule has 0 amide bonds. The van der Waals surface area contributed by atoms with E-state index in [0.29, 0.717) is 6.04 Å². The van der Waals surface area contributed by atoms with Crippen molar-refractivity contribution in [2.24, 2.45) is 0 Å². The molecular formula is C12H13N3. The molecule has 3 rings (SSSR count). The maximum Gasteiger partial charge on any atom is 0.138 e. The van der Waals surface area contributed by atoms with Crippen molar-refractivity contribution in [2.45, 2.75) is 18.6 Å². The summed E-state index contributed by atoms with van der Waals surface area (Å²) in [6, 6.07) is 10.9. The molecule has 0 aliphatic carbocycles. The molecule has 3 nitrogen and oxygen atoms in total. The van der Waals surface area contributed by atoms with Gasteiger partial charge in [0.05, 0.1) is 6.33 Å². The van der Waals surface area contributed by atoms with Crippen LogP contribution in [0.5, 0.6) is 0 Å². The number of nitrogens with zero attached hydrogens (tertiary/aromatic N) is 2. The zero-order valence-electron chi connectivity index (χ0n) is 8.59. The summed E-state index contributed by atoms with van der Waals surface area (Å²) in [5.41, 5.74) is 1.22. The van der Waals surface area contributed by atoms with Crippen molar-refractivity contribution >= 4 is 0 Å². The van der Waals surface area contributed by atoms with Crippen molar-refractivity contribution in [3.8, 4) is 0 Å². The monoisotopic (exact) mass is 199 g/mol. The van der Waals surface area contributed by atoms with E-state index in [2.05, 4.69) is 46.1 Å². The second-order valence-electron chi connectivity index (χ2n) is 3.97. The van der Waals surface area contributed by atoms with E-state index < -0.39 is 0 Å². The third-order valence-electron chi connectivity index (χ3n) is 3.11. The molecule has 0 spiro atoms. The molecule has 76 valence electrons. The van der Waals surface area contributed by atoms with Gasteiger partial charge in [-0.1, -0.05) is 30.3 Å². The summed E-state index contributed by atoms with van der Waals surface area (Å²) in [5.74, 6) is 0. The normalized spacial score (nSPS) is 29.0. The Kier molecular flexibility index (Phi) is 1.70. The maximum absolute atomic E-state index is 4.11. The van der Waals surface area contributed by atoms with Crippen molar-refractivity contribution < 1.29 is 0 Å². The molecule has 0 radical (unpaired) electrons. The number of hydrogen-bond donors (Lipinski definition) is 1. The Morgan fingerprint density at radius 1 is 1.33 bits per heavy atom. The van der Waals surface area contributed by atoms with Gasteiger partial charge >= 0.3 is 0 Å². The minimum atomic E-state index is -0.0717. The van der Waals surface area contributed by atoms with Gasteiger partial charge in [0.25, 0.3) is 0 Å². The number of hydrogen-bond acceptors (Lipinski definition) is 2. The number of nitrogens with one attached hydrogen (secondary N) is 1. The predicted octanol–water partition coefficient (Wildman–Crippen LogP) is 1.58. The first-order chi connectivity index (χ1) is 7.34. The van der Waals surface area contributed by atoms with Crippen LogP contribution in [0.1, 0.15) is 12.5 Å². The van der Waals surface area contributed by atoms with E-state index in [9.17, 15) is 0 Å². The van der Waals surface area contributed by atoms with Gasteiger partial charge < -0.3 is 4.57 Å². The van der Waals surface area contributed by atoms with Crippen LogP contribution in [0.25, 0.3) is 0 Å². The van der Waals surface area contributed by atoms with Gasteiger partial charge in [-0.15, -0.1) is 0 Å². The van der Waals surface area contributed by atoms with Crippen molar-refractivity contribution in [2.75, 3.05) is 0 Å². The molecule has 0 unspecified atom stereocenters. The summed E-state index contributed by atoms with van der Waals surface area (Å²) in [6.45, 7) is 2.19. The van der Waals surface area contributed by atoms with E-state index in [1.54, 1.807) is 0 Å². The Bertz CT molecular complexity index is 449. The number of benzene rings is 1. The fraction of sp³-hybridized carbons (Fsp3) is 0.250. The molecule has 1 aromatic carbocycles. The molecule has 1 N–H and O–H groups in total. The third kappa shape index (κ3) is 1.13. The average Bonchev–Trinajstić information content (AvgIpc) is 2.75. The zero-order valence-corrected chi connectivity index (χ0v) is 8.59. The lowest BCUT2D eigenvalue weighted by Crippen LogP contribution is -2.23. The molecule has 1 aromatic heterocycles. The number of imidazole rings is 1. The minimum absolute atomic E-state index is 0.0717. The first-order valence-corrected chi connectivity index (χ1v) is 5.16. The molecule has 1 aliphatic heterocycles. The quantitative estimate of drug-likeness (QED) is 0.746. The highest BCUT2D eigenvalue weighted by atomic mass is 15.4. The smallest absolute Gasteiger partial charge is 0.138 e. The number of rotatable bonds is 2. The first-order valence-electron chi connectivity index (χ1n) is 5.16. The fourth-order valence-corrected chi connectivity index (χ4v) is 2.23. The molecule has 2 atom stereocenters. The largest absolute Gasteiger partial charge is 0.313 e. The van der Waals surface area contributed by atoms with Crippen LogP contribution < -0.4 is 5.32 Å². The Hall–Kier alpha value is -1.61. The van der Waals surface area contributed by atoms with E-state index in [-0.39, 0.29) is 5.66 Å². The summed E-state index contributed by atoms with van der Waals surface area (Å²) in [4.78, 5) is 4.11. The summed E-state index contributed by atoms with van der Waals surface area (Å²) in [6.07, 6.45) is 5.68. The Labute approximate surface area is 88.8 Å². The van der Waals surface area contributed by atoms with E-state index in [1.165, 1.54) is 5.56 Å². The van der Waals surface area contributed by atoms with Crippen molar-refractivity contribution in [3.05, 3.63) is 54.6 Å².